The summed E-state index contributed by atoms with van der Waals surface area (Å²) in [5, 5.41) is 0. The summed E-state index contributed by atoms with van der Waals surface area (Å²) >= 11 is 1.36. The molecule has 0 radical (unpaired) electrons. The monoisotopic (exact) mass is 340 g/mol. The number of carbonyl (C=O) groups excluding carboxylic acids is 1. The fourth-order valence-corrected chi connectivity index (χ4v) is 3.52. The number of amides is 1. The first-order chi connectivity index (χ1) is 11.8. The standard InChI is InChI=1S/C17H12N2O4S/c1-2-5-19-11-9-13-14(23-8-7-22-13)10-15(11)24-17(19)18-16(20)12-4-3-6-21-12/h1,3-4,6,9-10H,5,7-8H2. The van der Waals surface area contributed by atoms with Crippen LogP contribution in [0.25, 0.3) is 10.2 Å². The molecule has 0 saturated heterocycles. The Kier molecular flexibility index (Phi) is 3.59. The van der Waals surface area contributed by atoms with Crippen molar-refractivity contribution in [1.29, 1.82) is 0 Å². The van der Waals surface area contributed by atoms with Crippen molar-refractivity contribution in [2.75, 3.05) is 13.2 Å². The van der Waals surface area contributed by atoms with E-state index in [-0.39, 0.29) is 5.76 Å². The van der Waals surface area contributed by atoms with Gasteiger partial charge in [0, 0.05) is 12.1 Å². The van der Waals surface area contributed by atoms with Crippen molar-refractivity contribution in [1.82, 2.24) is 4.57 Å². The Morgan fingerprint density at radius 1 is 1.33 bits per heavy atom. The number of thiazole rings is 1. The number of terminal acetylenes is 1. The highest BCUT2D eigenvalue weighted by atomic mass is 32.1. The maximum atomic E-state index is 12.2. The maximum absolute atomic E-state index is 12.2. The summed E-state index contributed by atoms with van der Waals surface area (Å²) < 4.78 is 19.0. The lowest BCUT2D eigenvalue weighted by Crippen LogP contribution is -2.17. The number of hydrogen-bond acceptors (Lipinski definition) is 5. The molecule has 120 valence electrons. The van der Waals surface area contributed by atoms with Crippen LogP contribution < -0.4 is 14.3 Å². The zero-order chi connectivity index (χ0) is 16.5. The van der Waals surface area contributed by atoms with Gasteiger partial charge >= 0.3 is 5.91 Å². The molecule has 1 aliphatic heterocycles. The van der Waals surface area contributed by atoms with Crippen molar-refractivity contribution in [2.45, 2.75) is 6.54 Å². The van der Waals surface area contributed by atoms with Gasteiger partial charge in [0.1, 0.15) is 13.2 Å². The average molecular weight is 340 g/mol. The van der Waals surface area contributed by atoms with Gasteiger partial charge in [0.25, 0.3) is 0 Å². The predicted octanol–water partition coefficient (Wildman–Crippen LogP) is 2.44. The van der Waals surface area contributed by atoms with Crippen molar-refractivity contribution >= 4 is 27.5 Å². The fraction of sp³-hybridized carbons (Fsp3) is 0.176. The summed E-state index contributed by atoms with van der Waals surface area (Å²) in [7, 11) is 0. The molecule has 6 nitrogen and oxygen atoms in total. The Bertz CT molecular complexity index is 1020. The lowest BCUT2D eigenvalue weighted by atomic mass is 10.2. The fourth-order valence-electron chi connectivity index (χ4n) is 2.48. The molecule has 0 aliphatic carbocycles. The van der Waals surface area contributed by atoms with Crippen LogP contribution in [-0.4, -0.2) is 23.7 Å². The minimum atomic E-state index is -0.449. The molecule has 0 bridgehead atoms. The van der Waals surface area contributed by atoms with E-state index in [4.69, 9.17) is 20.3 Å². The first-order valence-electron chi connectivity index (χ1n) is 7.25. The molecule has 0 saturated carbocycles. The molecule has 7 heteroatoms. The van der Waals surface area contributed by atoms with Crippen molar-refractivity contribution in [2.24, 2.45) is 4.99 Å². The third-order valence-electron chi connectivity index (χ3n) is 3.53. The van der Waals surface area contributed by atoms with Gasteiger partial charge in [-0.2, -0.15) is 4.99 Å². The van der Waals surface area contributed by atoms with E-state index >= 15 is 0 Å². The Labute approximate surface area is 141 Å². The van der Waals surface area contributed by atoms with E-state index in [0.717, 1.165) is 10.2 Å². The highest BCUT2D eigenvalue weighted by molar-refractivity contribution is 7.16. The lowest BCUT2D eigenvalue weighted by molar-refractivity contribution is 0.0971. The zero-order valence-corrected chi connectivity index (χ0v) is 13.3. The van der Waals surface area contributed by atoms with Gasteiger partial charge in [-0.3, -0.25) is 4.79 Å². The molecule has 3 heterocycles. The Balaban J connectivity index is 1.90. The number of carbonyl (C=O) groups is 1. The van der Waals surface area contributed by atoms with Crippen LogP contribution in [0.5, 0.6) is 11.5 Å². The molecule has 24 heavy (non-hydrogen) atoms. The second kappa shape index (κ2) is 5.91. The number of benzene rings is 1. The zero-order valence-electron chi connectivity index (χ0n) is 12.5. The molecule has 0 fully saturated rings. The Morgan fingerprint density at radius 3 is 2.83 bits per heavy atom. The van der Waals surface area contributed by atoms with Gasteiger partial charge in [0.15, 0.2) is 22.1 Å². The maximum Gasteiger partial charge on any atom is 0.315 e. The second-order valence-corrected chi connectivity index (χ2v) is 6.04. The lowest BCUT2D eigenvalue weighted by Gasteiger charge is -2.18. The van der Waals surface area contributed by atoms with Crippen LogP contribution in [0.1, 0.15) is 10.6 Å². The molecule has 1 aromatic carbocycles. The van der Waals surface area contributed by atoms with Crippen molar-refractivity contribution < 1.29 is 18.7 Å². The van der Waals surface area contributed by atoms with Crippen LogP contribution in [0.15, 0.2) is 39.9 Å². The van der Waals surface area contributed by atoms with Gasteiger partial charge in [0.05, 0.1) is 23.0 Å². The first-order valence-corrected chi connectivity index (χ1v) is 8.07. The molecule has 0 N–H and O–H groups in total. The molecular weight excluding hydrogens is 328 g/mol. The third-order valence-corrected chi connectivity index (χ3v) is 4.57. The number of ether oxygens (including phenoxy) is 2. The SMILES string of the molecule is C#CCn1c(=NC(=O)c2ccco2)sc2cc3c(cc21)OCCO3. The second-order valence-electron chi connectivity index (χ2n) is 5.03. The van der Waals surface area contributed by atoms with Gasteiger partial charge < -0.3 is 18.5 Å². The number of hydrogen-bond donors (Lipinski definition) is 0. The highest BCUT2D eigenvalue weighted by Crippen LogP contribution is 2.35. The molecule has 3 aromatic rings. The summed E-state index contributed by atoms with van der Waals surface area (Å²) in [5.41, 5.74) is 0.855. The number of furan rings is 1. The van der Waals surface area contributed by atoms with Crippen LogP contribution in [0, 0.1) is 12.3 Å². The van der Waals surface area contributed by atoms with Crippen LogP contribution >= 0.6 is 11.3 Å². The minimum Gasteiger partial charge on any atom is -0.486 e. The summed E-state index contributed by atoms with van der Waals surface area (Å²) in [6.45, 7) is 1.32. The van der Waals surface area contributed by atoms with Crippen LogP contribution in [-0.2, 0) is 6.54 Å². The van der Waals surface area contributed by atoms with Crippen molar-refractivity contribution in [3.8, 4) is 23.8 Å². The van der Waals surface area contributed by atoms with Crippen LogP contribution in [0.4, 0.5) is 0 Å². The number of fused-ring (bicyclic) bond motifs is 2. The number of nitrogens with zero attached hydrogens (tertiary/aromatic N) is 2. The summed E-state index contributed by atoms with van der Waals surface area (Å²) in [6, 6.07) is 6.98. The predicted molar refractivity (Wildman–Crippen MR) is 88.2 cm³/mol. The van der Waals surface area contributed by atoms with Crippen molar-refractivity contribution in [3.63, 3.8) is 0 Å². The topological polar surface area (TPSA) is 66.0 Å². The van der Waals surface area contributed by atoms with Crippen molar-refractivity contribution in [3.05, 3.63) is 41.1 Å². The van der Waals surface area contributed by atoms with E-state index in [1.54, 1.807) is 16.7 Å². The molecular formula is C17H12N2O4S. The normalized spacial score (nSPS) is 13.9. The minimum absolute atomic E-state index is 0.186. The van der Waals surface area contributed by atoms with E-state index in [2.05, 4.69) is 10.9 Å². The third kappa shape index (κ3) is 2.47. The Morgan fingerprint density at radius 2 is 2.12 bits per heavy atom. The molecule has 0 spiro atoms. The average Bonchev–Trinajstić information content (AvgIpc) is 3.22. The summed E-state index contributed by atoms with van der Waals surface area (Å²) in [6.07, 6.45) is 6.91. The van der Waals surface area contributed by atoms with Crippen LogP contribution in [0.2, 0.25) is 0 Å². The largest absolute Gasteiger partial charge is 0.486 e. The summed E-state index contributed by atoms with van der Waals surface area (Å²) in [5.74, 6) is 3.68. The van der Waals surface area contributed by atoms with Gasteiger partial charge in [-0.1, -0.05) is 17.3 Å². The van der Waals surface area contributed by atoms with Crippen LogP contribution in [0.3, 0.4) is 0 Å². The highest BCUT2D eigenvalue weighted by Gasteiger charge is 2.17. The van der Waals surface area contributed by atoms with Gasteiger partial charge in [0.2, 0.25) is 0 Å². The molecule has 0 unspecified atom stereocenters. The molecule has 1 amide bonds. The summed E-state index contributed by atoms with van der Waals surface area (Å²) in [4.78, 5) is 16.9. The van der Waals surface area contributed by atoms with E-state index in [0.29, 0.717) is 36.1 Å². The first kappa shape index (κ1) is 14.6. The molecule has 1 aliphatic rings. The number of rotatable bonds is 2. The van der Waals surface area contributed by atoms with Gasteiger partial charge in [-0.25, -0.2) is 0 Å². The molecule has 2 aromatic heterocycles. The molecule has 4 rings (SSSR count). The van der Waals surface area contributed by atoms with Gasteiger partial charge in [-0.15, -0.1) is 6.42 Å². The van der Waals surface area contributed by atoms with E-state index < -0.39 is 5.91 Å². The number of aromatic nitrogens is 1. The quantitative estimate of drug-likeness (QED) is 0.672. The Hall–Kier alpha value is -2.98. The molecule has 0 atom stereocenters. The smallest absolute Gasteiger partial charge is 0.315 e. The van der Waals surface area contributed by atoms with E-state index in [1.165, 1.54) is 17.6 Å². The van der Waals surface area contributed by atoms with E-state index in [9.17, 15) is 4.79 Å². The van der Waals surface area contributed by atoms with E-state index in [1.807, 2.05) is 12.1 Å². The van der Waals surface area contributed by atoms with Gasteiger partial charge in [-0.05, 0) is 12.1 Å².